The Labute approximate surface area is 99.1 Å². The van der Waals surface area contributed by atoms with Crippen LogP contribution in [0.1, 0.15) is 30.9 Å². The van der Waals surface area contributed by atoms with Crippen LogP contribution in [-0.4, -0.2) is 10.2 Å². The quantitative estimate of drug-likeness (QED) is 0.848. The van der Waals surface area contributed by atoms with Crippen molar-refractivity contribution >= 4 is 11.5 Å². The molecule has 3 rings (SSSR count). The zero-order valence-electron chi connectivity index (χ0n) is 9.41. The molecule has 88 valence electrons. The molecule has 1 heterocycles. The summed E-state index contributed by atoms with van der Waals surface area (Å²) in [5.74, 6) is 1.18. The minimum absolute atomic E-state index is 0.242. The standard InChI is InChI=1S/C13H14FN3/c14-10-5-2-6-11(7-10)15-13-8-12(16-17-13)9-3-1-4-9/h2,5-9H,1,3-4H2,(H2,15,16,17). The average Bonchev–Trinajstić information content (AvgIpc) is 2.63. The molecule has 3 nitrogen and oxygen atoms in total. The number of nitrogens with zero attached hydrogens (tertiary/aromatic N) is 1. The number of hydrogen-bond donors (Lipinski definition) is 2. The summed E-state index contributed by atoms with van der Waals surface area (Å²) in [5, 5.41) is 10.3. The lowest BCUT2D eigenvalue weighted by Crippen LogP contribution is -2.08. The number of anilines is 2. The lowest BCUT2D eigenvalue weighted by Gasteiger charge is -2.22. The van der Waals surface area contributed by atoms with E-state index in [1.807, 2.05) is 12.1 Å². The highest BCUT2D eigenvalue weighted by molar-refractivity contribution is 5.56. The summed E-state index contributed by atoms with van der Waals surface area (Å²) in [5.41, 5.74) is 1.84. The molecule has 1 aromatic carbocycles. The molecule has 17 heavy (non-hydrogen) atoms. The van der Waals surface area contributed by atoms with Gasteiger partial charge in [0.15, 0.2) is 0 Å². The van der Waals surface area contributed by atoms with Crippen molar-refractivity contribution < 1.29 is 4.39 Å². The van der Waals surface area contributed by atoms with Crippen LogP contribution >= 0.6 is 0 Å². The molecule has 0 saturated heterocycles. The lowest BCUT2D eigenvalue weighted by molar-refractivity contribution is 0.410. The van der Waals surface area contributed by atoms with Crippen molar-refractivity contribution in [3.63, 3.8) is 0 Å². The zero-order chi connectivity index (χ0) is 11.7. The summed E-state index contributed by atoms with van der Waals surface area (Å²) in [4.78, 5) is 0. The Kier molecular flexibility index (Phi) is 2.55. The Hall–Kier alpha value is -1.84. The van der Waals surface area contributed by atoms with Gasteiger partial charge in [-0.3, -0.25) is 5.10 Å². The molecule has 0 bridgehead atoms. The van der Waals surface area contributed by atoms with Crippen molar-refractivity contribution in [3.05, 3.63) is 41.8 Å². The summed E-state index contributed by atoms with van der Waals surface area (Å²) < 4.78 is 13.0. The summed E-state index contributed by atoms with van der Waals surface area (Å²) >= 11 is 0. The van der Waals surface area contributed by atoms with Gasteiger partial charge in [0.1, 0.15) is 11.6 Å². The van der Waals surface area contributed by atoms with Crippen molar-refractivity contribution in [2.45, 2.75) is 25.2 Å². The molecule has 0 atom stereocenters. The molecule has 0 aliphatic heterocycles. The fourth-order valence-corrected chi connectivity index (χ4v) is 2.04. The first-order valence-electron chi connectivity index (χ1n) is 5.89. The van der Waals surface area contributed by atoms with E-state index in [2.05, 4.69) is 15.5 Å². The molecule has 4 heteroatoms. The number of rotatable bonds is 3. The smallest absolute Gasteiger partial charge is 0.126 e. The second kappa shape index (κ2) is 4.20. The molecular formula is C13H14FN3. The Morgan fingerprint density at radius 3 is 2.88 bits per heavy atom. The molecular weight excluding hydrogens is 217 g/mol. The summed E-state index contributed by atoms with van der Waals surface area (Å²) in [6, 6.07) is 8.41. The fraction of sp³-hybridized carbons (Fsp3) is 0.308. The van der Waals surface area contributed by atoms with Crippen LogP contribution in [0.4, 0.5) is 15.9 Å². The van der Waals surface area contributed by atoms with Crippen LogP contribution in [-0.2, 0) is 0 Å². The summed E-state index contributed by atoms with van der Waals surface area (Å²) in [7, 11) is 0. The van der Waals surface area contributed by atoms with E-state index in [0.29, 0.717) is 5.92 Å². The van der Waals surface area contributed by atoms with E-state index in [9.17, 15) is 4.39 Å². The number of aromatic amines is 1. The first-order chi connectivity index (χ1) is 8.31. The third-order valence-electron chi connectivity index (χ3n) is 3.22. The molecule has 0 radical (unpaired) electrons. The van der Waals surface area contributed by atoms with Crippen LogP contribution in [0.3, 0.4) is 0 Å². The van der Waals surface area contributed by atoms with Gasteiger partial charge in [-0.1, -0.05) is 12.5 Å². The van der Waals surface area contributed by atoms with Crippen LogP contribution in [0, 0.1) is 5.82 Å². The molecule has 0 amide bonds. The van der Waals surface area contributed by atoms with Gasteiger partial charge in [0.25, 0.3) is 0 Å². The SMILES string of the molecule is Fc1cccc(Nc2cc(C3CCC3)n[nH]2)c1. The maximum atomic E-state index is 13.0. The third-order valence-corrected chi connectivity index (χ3v) is 3.22. The van der Waals surface area contributed by atoms with Gasteiger partial charge in [0.2, 0.25) is 0 Å². The van der Waals surface area contributed by atoms with Crippen molar-refractivity contribution in [2.24, 2.45) is 0 Å². The van der Waals surface area contributed by atoms with Gasteiger partial charge in [0, 0.05) is 17.7 Å². The van der Waals surface area contributed by atoms with Crippen LogP contribution in [0.5, 0.6) is 0 Å². The Morgan fingerprint density at radius 1 is 1.29 bits per heavy atom. The Bertz CT molecular complexity index is 517. The molecule has 1 aliphatic carbocycles. The van der Waals surface area contributed by atoms with Gasteiger partial charge in [0.05, 0.1) is 5.69 Å². The van der Waals surface area contributed by atoms with Crippen LogP contribution < -0.4 is 5.32 Å². The predicted molar refractivity (Wildman–Crippen MR) is 64.9 cm³/mol. The molecule has 2 N–H and O–H groups in total. The van der Waals surface area contributed by atoms with Crippen LogP contribution in [0.25, 0.3) is 0 Å². The van der Waals surface area contributed by atoms with Gasteiger partial charge in [-0.15, -0.1) is 0 Å². The fourth-order valence-electron chi connectivity index (χ4n) is 2.04. The highest BCUT2D eigenvalue weighted by Gasteiger charge is 2.21. The Balaban J connectivity index is 1.74. The first-order valence-corrected chi connectivity index (χ1v) is 5.89. The summed E-state index contributed by atoms with van der Waals surface area (Å²) in [6.45, 7) is 0. The highest BCUT2D eigenvalue weighted by Crippen LogP contribution is 2.36. The Morgan fingerprint density at radius 2 is 2.18 bits per heavy atom. The van der Waals surface area contributed by atoms with E-state index >= 15 is 0 Å². The average molecular weight is 231 g/mol. The van der Waals surface area contributed by atoms with Gasteiger partial charge >= 0.3 is 0 Å². The monoisotopic (exact) mass is 231 g/mol. The zero-order valence-corrected chi connectivity index (χ0v) is 9.41. The maximum Gasteiger partial charge on any atom is 0.126 e. The van der Waals surface area contributed by atoms with Crippen molar-refractivity contribution in [2.75, 3.05) is 5.32 Å². The second-order valence-corrected chi connectivity index (χ2v) is 4.47. The maximum absolute atomic E-state index is 13.0. The molecule has 1 aromatic heterocycles. The number of aromatic nitrogens is 2. The highest BCUT2D eigenvalue weighted by atomic mass is 19.1. The van der Waals surface area contributed by atoms with Crippen molar-refractivity contribution in [1.82, 2.24) is 10.2 Å². The minimum atomic E-state index is -0.242. The molecule has 0 unspecified atom stereocenters. The lowest BCUT2D eigenvalue weighted by atomic mass is 9.83. The third kappa shape index (κ3) is 2.16. The van der Waals surface area contributed by atoms with E-state index in [0.717, 1.165) is 17.2 Å². The number of hydrogen-bond acceptors (Lipinski definition) is 2. The minimum Gasteiger partial charge on any atom is -0.341 e. The van der Waals surface area contributed by atoms with E-state index < -0.39 is 0 Å². The van der Waals surface area contributed by atoms with Gasteiger partial charge in [-0.25, -0.2) is 4.39 Å². The van der Waals surface area contributed by atoms with Crippen molar-refractivity contribution in [1.29, 1.82) is 0 Å². The van der Waals surface area contributed by atoms with E-state index in [1.54, 1.807) is 6.07 Å². The normalized spacial score (nSPS) is 15.6. The number of halogens is 1. The molecule has 0 spiro atoms. The molecule has 1 fully saturated rings. The van der Waals surface area contributed by atoms with E-state index in [4.69, 9.17) is 0 Å². The second-order valence-electron chi connectivity index (χ2n) is 4.47. The van der Waals surface area contributed by atoms with E-state index in [-0.39, 0.29) is 5.82 Å². The van der Waals surface area contributed by atoms with Crippen LogP contribution in [0.2, 0.25) is 0 Å². The first kappa shape index (κ1) is 10.3. The molecule has 2 aromatic rings. The molecule has 1 aliphatic rings. The summed E-state index contributed by atoms with van der Waals surface area (Å²) in [6.07, 6.45) is 3.75. The van der Waals surface area contributed by atoms with Gasteiger partial charge < -0.3 is 5.32 Å². The van der Waals surface area contributed by atoms with Crippen molar-refractivity contribution in [3.8, 4) is 0 Å². The predicted octanol–water partition coefficient (Wildman–Crippen LogP) is 3.56. The topological polar surface area (TPSA) is 40.7 Å². The number of benzene rings is 1. The molecule has 1 saturated carbocycles. The van der Waals surface area contributed by atoms with Crippen LogP contribution in [0.15, 0.2) is 30.3 Å². The number of H-pyrrole nitrogens is 1. The number of nitrogens with one attached hydrogen (secondary N) is 2. The van der Waals surface area contributed by atoms with E-state index in [1.165, 1.54) is 31.4 Å². The largest absolute Gasteiger partial charge is 0.341 e. The van der Waals surface area contributed by atoms with Gasteiger partial charge in [-0.05, 0) is 31.0 Å². The van der Waals surface area contributed by atoms with Gasteiger partial charge in [-0.2, -0.15) is 5.10 Å².